The molecular formula is C21H21N7O3S2. The summed E-state index contributed by atoms with van der Waals surface area (Å²) < 4.78 is 40.2. The zero-order chi connectivity index (χ0) is 23.3. The minimum Gasteiger partial charge on any atom is -0.418 e. The van der Waals surface area contributed by atoms with Crippen molar-refractivity contribution in [2.45, 2.75) is 25.3 Å². The number of aromatic nitrogens is 5. The van der Waals surface area contributed by atoms with Gasteiger partial charge in [-0.05, 0) is 43.1 Å². The Bertz CT molecular complexity index is 1600. The van der Waals surface area contributed by atoms with E-state index >= 15 is 0 Å². The average molecular weight is 484 g/mol. The molecule has 0 bridgehead atoms. The SMILES string of the molecule is CNc1nc2oc(-c3cccc(CNS(=O)(=O)c4c(C)nsc4C)c3)nc2c2c1ncn2C. The van der Waals surface area contributed by atoms with Gasteiger partial charge < -0.3 is 14.3 Å². The Hall–Kier alpha value is -3.35. The molecule has 0 saturated carbocycles. The van der Waals surface area contributed by atoms with Crippen LogP contribution < -0.4 is 10.0 Å². The maximum absolute atomic E-state index is 12.8. The van der Waals surface area contributed by atoms with E-state index in [0.717, 1.165) is 16.6 Å². The second-order valence-corrected chi connectivity index (χ2v) is 10.3. The lowest BCUT2D eigenvalue weighted by molar-refractivity contribution is 0.580. The third-order valence-corrected chi connectivity index (χ3v) is 7.96. The number of pyridine rings is 1. The molecule has 0 atom stereocenters. The highest BCUT2D eigenvalue weighted by atomic mass is 32.2. The van der Waals surface area contributed by atoms with Crippen LogP contribution in [0.2, 0.25) is 0 Å². The number of aryl methyl sites for hydroxylation is 3. The van der Waals surface area contributed by atoms with Crippen LogP contribution in [0.3, 0.4) is 0 Å². The van der Waals surface area contributed by atoms with E-state index in [2.05, 4.69) is 29.4 Å². The second kappa shape index (κ2) is 7.90. The summed E-state index contributed by atoms with van der Waals surface area (Å²) in [5.74, 6) is 1.00. The fourth-order valence-corrected chi connectivity index (χ4v) is 6.21. The first-order chi connectivity index (χ1) is 15.8. The van der Waals surface area contributed by atoms with Crippen molar-refractivity contribution in [1.29, 1.82) is 0 Å². The Morgan fingerprint density at radius 2 is 2.00 bits per heavy atom. The predicted molar refractivity (Wildman–Crippen MR) is 127 cm³/mol. The number of anilines is 1. The van der Waals surface area contributed by atoms with E-state index < -0.39 is 10.0 Å². The third kappa shape index (κ3) is 3.65. The summed E-state index contributed by atoms with van der Waals surface area (Å²) in [7, 11) is -0.00502. The van der Waals surface area contributed by atoms with Crippen LogP contribution in [0.4, 0.5) is 5.82 Å². The van der Waals surface area contributed by atoms with Crippen molar-refractivity contribution >= 4 is 49.6 Å². The molecule has 0 radical (unpaired) electrons. The molecule has 10 nitrogen and oxygen atoms in total. The molecule has 170 valence electrons. The highest BCUT2D eigenvalue weighted by molar-refractivity contribution is 7.89. The molecule has 4 aromatic heterocycles. The van der Waals surface area contributed by atoms with Crippen molar-refractivity contribution in [2.24, 2.45) is 7.05 Å². The molecule has 0 aliphatic carbocycles. The first-order valence-electron chi connectivity index (χ1n) is 10.1. The average Bonchev–Trinajstić information content (AvgIpc) is 3.48. The van der Waals surface area contributed by atoms with Gasteiger partial charge in [0.25, 0.3) is 5.71 Å². The quantitative estimate of drug-likeness (QED) is 0.376. The number of benzene rings is 1. The van der Waals surface area contributed by atoms with Crippen molar-refractivity contribution in [2.75, 3.05) is 12.4 Å². The number of fused-ring (bicyclic) bond motifs is 3. The van der Waals surface area contributed by atoms with Gasteiger partial charge in [0.15, 0.2) is 11.3 Å². The maximum Gasteiger partial charge on any atom is 0.251 e. The van der Waals surface area contributed by atoms with E-state index in [4.69, 9.17) is 4.42 Å². The molecule has 0 aliphatic heterocycles. The highest BCUT2D eigenvalue weighted by Crippen LogP contribution is 2.31. The van der Waals surface area contributed by atoms with Gasteiger partial charge in [-0.15, -0.1) is 0 Å². The van der Waals surface area contributed by atoms with Gasteiger partial charge in [0.1, 0.15) is 15.9 Å². The topological polar surface area (TPSA) is 128 Å². The lowest BCUT2D eigenvalue weighted by atomic mass is 10.1. The molecule has 5 aromatic rings. The number of hydrogen-bond donors (Lipinski definition) is 2. The summed E-state index contributed by atoms with van der Waals surface area (Å²) >= 11 is 1.18. The molecule has 12 heteroatoms. The Morgan fingerprint density at radius 3 is 2.73 bits per heavy atom. The fourth-order valence-electron chi connectivity index (χ4n) is 3.80. The van der Waals surface area contributed by atoms with Crippen LogP contribution in [0.15, 0.2) is 39.9 Å². The number of nitrogens with zero attached hydrogens (tertiary/aromatic N) is 5. The van der Waals surface area contributed by atoms with Crippen LogP contribution in [-0.4, -0.2) is 39.4 Å². The van der Waals surface area contributed by atoms with Gasteiger partial charge in [0.05, 0.1) is 12.0 Å². The van der Waals surface area contributed by atoms with Crippen molar-refractivity contribution in [3.8, 4) is 11.5 Å². The van der Waals surface area contributed by atoms with Gasteiger partial charge in [-0.2, -0.15) is 9.36 Å². The molecule has 1 aromatic carbocycles. The molecule has 0 fully saturated rings. The van der Waals surface area contributed by atoms with Crippen LogP contribution in [0.25, 0.3) is 33.7 Å². The van der Waals surface area contributed by atoms with Crippen LogP contribution in [0.5, 0.6) is 0 Å². The van der Waals surface area contributed by atoms with Gasteiger partial charge in [-0.25, -0.2) is 23.1 Å². The summed E-state index contributed by atoms with van der Waals surface area (Å²) in [6.45, 7) is 3.57. The monoisotopic (exact) mass is 483 g/mol. The minimum absolute atomic E-state index is 0.124. The van der Waals surface area contributed by atoms with E-state index in [1.807, 2.05) is 35.9 Å². The van der Waals surface area contributed by atoms with Crippen molar-refractivity contribution in [3.05, 3.63) is 46.7 Å². The van der Waals surface area contributed by atoms with Gasteiger partial charge >= 0.3 is 0 Å². The van der Waals surface area contributed by atoms with E-state index in [0.29, 0.717) is 39.0 Å². The first kappa shape index (κ1) is 21.5. The zero-order valence-electron chi connectivity index (χ0n) is 18.4. The van der Waals surface area contributed by atoms with Crippen LogP contribution in [0, 0.1) is 13.8 Å². The molecule has 5 rings (SSSR count). The summed E-state index contributed by atoms with van der Waals surface area (Å²) in [4.78, 5) is 14.5. The molecule has 2 N–H and O–H groups in total. The Balaban J connectivity index is 1.48. The zero-order valence-corrected chi connectivity index (χ0v) is 20.0. The molecule has 0 aliphatic rings. The molecule has 4 heterocycles. The van der Waals surface area contributed by atoms with Crippen molar-refractivity contribution in [3.63, 3.8) is 0 Å². The summed E-state index contributed by atoms with van der Waals surface area (Å²) in [6, 6.07) is 7.39. The van der Waals surface area contributed by atoms with Crippen LogP contribution in [0.1, 0.15) is 16.1 Å². The molecule has 0 saturated heterocycles. The second-order valence-electron chi connectivity index (χ2n) is 7.61. The smallest absolute Gasteiger partial charge is 0.251 e. The first-order valence-corrected chi connectivity index (χ1v) is 12.4. The Kier molecular flexibility index (Phi) is 5.15. The predicted octanol–water partition coefficient (Wildman–Crippen LogP) is 3.37. The van der Waals surface area contributed by atoms with Gasteiger partial charge in [-0.1, -0.05) is 12.1 Å². The minimum atomic E-state index is -3.67. The third-order valence-electron chi connectivity index (χ3n) is 5.32. The van der Waals surface area contributed by atoms with E-state index in [9.17, 15) is 8.42 Å². The molecule has 33 heavy (non-hydrogen) atoms. The maximum atomic E-state index is 12.8. The number of oxazole rings is 1. The van der Waals surface area contributed by atoms with Crippen molar-refractivity contribution < 1.29 is 12.8 Å². The van der Waals surface area contributed by atoms with E-state index in [-0.39, 0.29) is 11.4 Å². The molecular weight excluding hydrogens is 462 g/mol. The van der Waals surface area contributed by atoms with Gasteiger partial charge in [0.2, 0.25) is 15.9 Å². The summed E-state index contributed by atoms with van der Waals surface area (Å²) in [5, 5.41) is 3.04. The normalized spacial score (nSPS) is 12.1. The van der Waals surface area contributed by atoms with Crippen molar-refractivity contribution in [1.82, 2.24) is 28.6 Å². The number of nitrogens with one attached hydrogen (secondary N) is 2. The standard InChI is InChI=1S/C21H21N7O3S2/c1-11-18(12(2)32-27-11)33(29,30)24-9-13-6-5-7-14(8-13)20-25-16-17-15(23-10-28(17)4)19(22-3)26-21(16)31-20/h5-8,10,24H,9H2,1-4H3,(H,22,26). The number of hydrogen-bond acceptors (Lipinski definition) is 9. The number of imidazole rings is 1. The van der Waals surface area contributed by atoms with Gasteiger partial charge in [0, 0.05) is 31.1 Å². The van der Waals surface area contributed by atoms with Crippen LogP contribution >= 0.6 is 11.5 Å². The number of sulfonamides is 1. The molecule has 0 spiro atoms. The lowest BCUT2D eigenvalue weighted by Gasteiger charge is -2.08. The number of rotatable bonds is 6. The van der Waals surface area contributed by atoms with E-state index in [1.54, 1.807) is 27.2 Å². The Morgan fingerprint density at radius 1 is 1.18 bits per heavy atom. The highest BCUT2D eigenvalue weighted by Gasteiger charge is 2.22. The fraction of sp³-hybridized carbons (Fsp3) is 0.238. The largest absolute Gasteiger partial charge is 0.418 e. The van der Waals surface area contributed by atoms with Gasteiger partial charge in [-0.3, -0.25) is 0 Å². The van der Waals surface area contributed by atoms with E-state index in [1.165, 1.54) is 11.5 Å². The molecule has 0 unspecified atom stereocenters. The molecule has 0 amide bonds. The summed E-state index contributed by atoms with van der Waals surface area (Å²) in [6.07, 6.45) is 1.71. The Labute approximate surface area is 193 Å². The van der Waals surface area contributed by atoms with Crippen LogP contribution in [-0.2, 0) is 23.6 Å². The lowest BCUT2D eigenvalue weighted by Crippen LogP contribution is -2.24. The summed E-state index contributed by atoms with van der Waals surface area (Å²) in [5.41, 5.74) is 4.53.